The number of rotatable bonds is 6. The first kappa shape index (κ1) is 19.8. The second-order valence-corrected chi connectivity index (χ2v) is 8.45. The van der Waals surface area contributed by atoms with E-state index in [4.69, 9.17) is 4.74 Å². The largest absolute Gasteiger partial charge is 0.491 e. The SMILES string of the molecule is CCNC(=NCC(O)COc1ccc(F)cc1)N1CCSC(C)(C)C1. The van der Waals surface area contributed by atoms with E-state index >= 15 is 0 Å². The van der Waals surface area contributed by atoms with Crippen molar-refractivity contribution < 1.29 is 14.2 Å². The monoisotopic (exact) mass is 369 g/mol. The third-order valence-corrected chi connectivity index (χ3v) is 5.07. The lowest BCUT2D eigenvalue weighted by Gasteiger charge is -2.39. The van der Waals surface area contributed by atoms with Gasteiger partial charge in [0.2, 0.25) is 0 Å². The summed E-state index contributed by atoms with van der Waals surface area (Å²) in [5, 5.41) is 13.4. The van der Waals surface area contributed by atoms with Crippen molar-refractivity contribution in [3.05, 3.63) is 30.1 Å². The van der Waals surface area contributed by atoms with Crippen molar-refractivity contribution in [2.24, 2.45) is 4.99 Å². The van der Waals surface area contributed by atoms with Crippen molar-refractivity contribution in [3.63, 3.8) is 0 Å². The Balaban J connectivity index is 1.87. The number of guanidine groups is 1. The zero-order valence-electron chi connectivity index (χ0n) is 15.2. The van der Waals surface area contributed by atoms with E-state index in [9.17, 15) is 9.50 Å². The number of hydrogen-bond acceptors (Lipinski definition) is 4. The molecular weight excluding hydrogens is 341 g/mol. The Morgan fingerprint density at radius 1 is 1.44 bits per heavy atom. The summed E-state index contributed by atoms with van der Waals surface area (Å²) in [4.78, 5) is 6.80. The lowest BCUT2D eigenvalue weighted by Crippen LogP contribution is -2.51. The number of aliphatic hydroxyl groups excluding tert-OH is 1. The molecule has 1 aromatic rings. The molecule has 0 spiro atoms. The van der Waals surface area contributed by atoms with Crippen LogP contribution in [0.2, 0.25) is 0 Å². The standard InChI is InChI=1S/C18H28FN3O2S/c1-4-20-17(22-9-10-25-18(2,3)13-22)21-11-15(23)12-24-16-7-5-14(19)6-8-16/h5-8,15,23H,4,9-13H2,1-3H3,(H,20,21). The topological polar surface area (TPSA) is 57.1 Å². The number of hydrogen-bond donors (Lipinski definition) is 2. The number of thioether (sulfide) groups is 1. The van der Waals surface area contributed by atoms with E-state index in [1.54, 1.807) is 12.1 Å². The third kappa shape index (κ3) is 6.74. The van der Waals surface area contributed by atoms with E-state index in [2.05, 4.69) is 29.1 Å². The van der Waals surface area contributed by atoms with E-state index in [-0.39, 0.29) is 23.7 Å². The Labute approximate surface area is 153 Å². The Kier molecular flexibility index (Phi) is 7.38. The van der Waals surface area contributed by atoms with Gasteiger partial charge in [0.05, 0.1) is 6.54 Å². The molecule has 1 aliphatic heterocycles. The Bertz CT molecular complexity index is 566. The van der Waals surface area contributed by atoms with Crippen molar-refractivity contribution >= 4 is 17.7 Å². The number of ether oxygens (including phenoxy) is 1. The van der Waals surface area contributed by atoms with E-state index in [0.29, 0.717) is 5.75 Å². The molecule has 2 rings (SSSR count). The maximum atomic E-state index is 12.9. The van der Waals surface area contributed by atoms with E-state index < -0.39 is 6.10 Å². The first-order valence-electron chi connectivity index (χ1n) is 8.63. The summed E-state index contributed by atoms with van der Waals surface area (Å²) in [6.07, 6.45) is -0.717. The van der Waals surface area contributed by atoms with Crippen molar-refractivity contribution in [2.75, 3.05) is 38.5 Å². The fraction of sp³-hybridized carbons (Fsp3) is 0.611. The van der Waals surface area contributed by atoms with Crippen LogP contribution in [0, 0.1) is 5.82 Å². The highest BCUT2D eigenvalue weighted by Crippen LogP contribution is 2.29. The lowest BCUT2D eigenvalue weighted by atomic mass is 10.2. The van der Waals surface area contributed by atoms with Gasteiger partial charge in [0.25, 0.3) is 0 Å². The van der Waals surface area contributed by atoms with Gasteiger partial charge in [-0.1, -0.05) is 0 Å². The van der Waals surface area contributed by atoms with Crippen molar-refractivity contribution in [1.29, 1.82) is 0 Å². The predicted octanol–water partition coefficient (Wildman–Crippen LogP) is 2.36. The summed E-state index contributed by atoms with van der Waals surface area (Å²) in [5.74, 6) is 2.12. The van der Waals surface area contributed by atoms with Gasteiger partial charge < -0.3 is 20.1 Å². The van der Waals surface area contributed by atoms with Crippen LogP contribution in [0.1, 0.15) is 20.8 Å². The van der Waals surface area contributed by atoms with Crippen LogP contribution in [0.4, 0.5) is 4.39 Å². The highest BCUT2D eigenvalue weighted by molar-refractivity contribution is 8.00. The number of nitrogens with zero attached hydrogens (tertiary/aromatic N) is 2. The zero-order chi connectivity index (χ0) is 18.3. The molecule has 7 heteroatoms. The summed E-state index contributed by atoms with van der Waals surface area (Å²) in [6.45, 7) is 9.54. The summed E-state index contributed by atoms with van der Waals surface area (Å²) < 4.78 is 18.5. The van der Waals surface area contributed by atoms with Crippen molar-refractivity contribution in [2.45, 2.75) is 31.6 Å². The molecule has 1 fully saturated rings. The normalized spacial score (nSPS) is 18.8. The molecule has 0 aromatic heterocycles. The van der Waals surface area contributed by atoms with Crippen LogP contribution >= 0.6 is 11.8 Å². The number of aliphatic imine (C=N–C) groups is 1. The first-order chi connectivity index (χ1) is 11.9. The minimum Gasteiger partial charge on any atom is -0.491 e. The zero-order valence-corrected chi connectivity index (χ0v) is 16.0. The molecule has 2 N–H and O–H groups in total. The third-order valence-electron chi connectivity index (χ3n) is 3.77. The molecule has 1 saturated heterocycles. The summed E-state index contributed by atoms with van der Waals surface area (Å²) >= 11 is 1.97. The van der Waals surface area contributed by atoms with Gasteiger partial charge in [0.1, 0.15) is 24.3 Å². The molecular formula is C18H28FN3O2S. The molecule has 0 saturated carbocycles. The van der Waals surface area contributed by atoms with E-state index in [0.717, 1.165) is 31.3 Å². The first-order valence-corrected chi connectivity index (χ1v) is 9.62. The molecule has 1 unspecified atom stereocenters. The van der Waals surface area contributed by atoms with E-state index in [1.165, 1.54) is 12.1 Å². The second-order valence-electron chi connectivity index (χ2n) is 6.64. The van der Waals surface area contributed by atoms with Crippen LogP contribution in [0.3, 0.4) is 0 Å². The Morgan fingerprint density at radius 3 is 2.80 bits per heavy atom. The molecule has 5 nitrogen and oxygen atoms in total. The Morgan fingerprint density at radius 2 is 2.16 bits per heavy atom. The van der Waals surface area contributed by atoms with Crippen molar-refractivity contribution in [3.8, 4) is 5.75 Å². The number of benzene rings is 1. The molecule has 0 amide bonds. The number of aliphatic hydroxyl groups is 1. The Hall–Kier alpha value is -1.47. The van der Waals surface area contributed by atoms with Crippen LogP contribution in [0.15, 0.2) is 29.3 Å². The van der Waals surface area contributed by atoms with Crippen LogP contribution < -0.4 is 10.1 Å². The van der Waals surface area contributed by atoms with Gasteiger partial charge in [-0.05, 0) is 45.0 Å². The highest BCUT2D eigenvalue weighted by atomic mass is 32.2. The molecule has 0 aliphatic carbocycles. The summed E-state index contributed by atoms with van der Waals surface area (Å²) in [5.41, 5.74) is 0. The van der Waals surface area contributed by atoms with Gasteiger partial charge in [0.15, 0.2) is 5.96 Å². The smallest absolute Gasteiger partial charge is 0.194 e. The van der Waals surface area contributed by atoms with E-state index in [1.807, 2.05) is 18.7 Å². The fourth-order valence-corrected chi connectivity index (χ4v) is 3.70. The molecule has 1 aliphatic rings. The minimum atomic E-state index is -0.717. The summed E-state index contributed by atoms with van der Waals surface area (Å²) in [6, 6.07) is 5.75. The molecule has 1 heterocycles. The van der Waals surface area contributed by atoms with Gasteiger partial charge in [-0.2, -0.15) is 11.8 Å². The lowest BCUT2D eigenvalue weighted by molar-refractivity contribution is 0.114. The van der Waals surface area contributed by atoms with Crippen LogP contribution in [-0.2, 0) is 0 Å². The van der Waals surface area contributed by atoms with Gasteiger partial charge in [0, 0.05) is 30.1 Å². The average molecular weight is 370 g/mol. The predicted molar refractivity (Wildman–Crippen MR) is 102 cm³/mol. The summed E-state index contributed by atoms with van der Waals surface area (Å²) in [7, 11) is 0. The number of halogens is 1. The average Bonchev–Trinajstić information content (AvgIpc) is 2.57. The maximum absolute atomic E-state index is 12.9. The molecule has 0 bridgehead atoms. The fourth-order valence-electron chi connectivity index (χ4n) is 2.59. The van der Waals surface area contributed by atoms with Crippen LogP contribution in [-0.4, -0.2) is 65.4 Å². The molecule has 140 valence electrons. The molecule has 1 aromatic carbocycles. The molecule has 1 atom stereocenters. The minimum absolute atomic E-state index is 0.121. The van der Waals surface area contributed by atoms with Crippen molar-refractivity contribution in [1.82, 2.24) is 10.2 Å². The molecule has 25 heavy (non-hydrogen) atoms. The quantitative estimate of drug-likeness (QED) is 0.596. The number of nitrogens with one attached hydrogen (secondary N) is 1. The van der Waals surface area contributed by atoms with Crippen LogP contribution in [0.25, 0.3) is 0 Å². The van der Waals surface area contributed by atoms with Gasteiger partial charge in [-0.15, -0.1) is 0 Å². The highest BCUT2D eigenvalue weighted by Gasteiger charge is 2.28. The second kappa shape index (κ2) is 9.29. The van der Waals surface area contributed by atoms with Crippen LogP contribution in [0.5, 0.6) is 5.75 Å². The molecule has 0 radical (unpaired) electrons. The van der Waals surface area contributed by atoms with Gasteiger partial charge in [-0.3, -0.25) is 4.99 Å². The van der Waals surface area contributed by atoms with Gasteiger partial charge >= 0.3 is 0 Å². The maximum Gasteiger partial charge on any atom is 0.194 e. The van der Waals surface area contributed by atoms with Gasteiger partial charge in [-0.25, -0.2) is 4.39 Å².